The molecule has 0 bridgehead atoms. The van der Waals surface area contributed by atoms with Crippen molar-refractivity contribution in [3.63, 3.8) is 0 Å². The molecule has 0 amide bonds. The Balaban J connectivity index is 0.000000141. The number of hydrogen-bond donors (Lipinski definition) is 0. The van der Waals surface area contributed by atoms with Crippen molar-refractivity contribution in [2.24, 2.45) is 0 Å². The molecular formula is C100H62N10O2. The Bertz CT molecular complexity index is 7330. The zero-order valence-electron chi connectivity index (χ0n) is 60.1. The van der Waals surface area contributed by atoms with Gasteiger partial charge >= 0.3 is 0 Å². The van der Waals surface area contributed by atoms with E-state index in [0.717, 1.165) is 177 Å². The van der Waals surface area contributed by atoms with E-state index in [4.69, 9.17) is 48.9 Å². The summed E-state index contributed by atoms with van der Waals surface area (Å²) in [6.07, 6.45) is 0. The number of aromatic nitrogens is 10. The molecule has 0 spiro atoms. The average Bonchev–Trinajstić information content (AvgIpc) is 1.56. The summed E-state index contributed by atoms with van der Waals surface area (Å²) in [4.78, 5) is 30.4. The molecule has 0 unspecified atom stereocenters. The maximum absolute atomic E-state index is 6.42. The van der Waals surface area contributed by atoms with Crippen LogP contribution in [-0.4, -0.2) is 49.1 Å². The van der Waals surface area contributed by atoms with Crippen LogP contribution in [0, 0.1) is 0 Å². The molecule has 0 radical (unpaired) electrons. The summed E-state index contributed by atoms with van der Waals surface area (Å²) in [5.74, 6) is 3.49. The predicted octanol–water partition coefficient (Wildman–Crippen LogP) is 25.1. The first-order chi connectivity index (χ1) is 55.5. The van der Waals surface area contributed by atoms with Gasteiger partial charge in [0.05, 0.1) is 28.0 Å². The highest BCUT2D eigenvalue weighted by Crippen LogP contribution is 2.45. The molecule has 22 aromatic rings. The maximum atomic E-state index is 6.42. The molecule has 0 aliphatic heterocycles. The molecule has 112 heavy (non-hydrogen) atoms. The number of hydrogen-bond acceptors (Lipinski definition) is 10. The SMILES string of the molecule is c1ccc(-c2nc(-c3ccc(-c4nn5c(-c6ccccc6)cc6ccccc6c5c4-c4ccccc4)cc3)nc(-c3cccc4c3oc3ccccc34)n2)cc1.c1ccc(-c2nc(-c3ccc(-c4nn5c(-c6ccccc6)cc6ccccc6c5c4-c4ccccc4)cc3)nc(-c3cccc4oc5ccccc5c34)n2)cc1. The third kappa shape index (κ3) is 11.5. The quantitative estimate of drug-likeness (QED) is 0.116. The Labute approximate surface area is 642 Å². The number of pyridine rings is 2. The molecule has 0 aliphatic carbocycles. The lowest BCUT2D eigenvalue weighted by atomic mass is 9.96. The van der Waals surface area contributed by atoms with E-state index in [2.05, 4.69) is 252 Å². The fraction of sp³-hybridized carbons (Fsp3) is 0. The molecule has 14 aromatic carbocycles. The summed E-state index contributed by atoms with van der Waals surface area (Å²) in [6, 6.07) is 129. The van der Waals surface area contributed by atoms with Crippen molar-refractivity contribution in [2.45, 2.75) is 0 Å². The Morgan fingerprint density at radius 1 is 0.214 bits per heavy atom. The van der Waals surface area contributed by atoms with Crippen LogP contribution in [0.1, 0.15) is 0 Å². The molecular weight excluding hydrogens is 1370 g/mol. The van der Waals surface area contributed by atoms with Crippen molar-refractivity contribution in [1.82, 2.24) is 49.1 Å². The van der Waals surface area contributed by atoms with E-state index < -0.39 is 0 Å². The number of para-hydroxylation sites is 3. The maximum Gasteiger partial charge on any atom is 0.167 e. The molecule has 0 N–H and O–H groups in total. The van der Waals surface area contributed by atoms with Crippen molar-refractivity contribution in [2.75, 3.05) is 0 Å². The Morgan fingerprint density at radius 2 is 0.536 bits per heavy atom. The minimum absolute atomic E-state index is 0.551. The molecule has 22 rings (SSSR count). The van der Waals surface area contributed by atoms with Gasteiger partial charge in [-0.15, -0.1) is 0 Å². The van der Waals surface area contributed by atoms with Crippen LogP contribution >= 0.6 is 0 Å². The van der Waals surface area contributed by atoms with E-state index in [9.17, 15) is 0 Å². The van der Waals surface area contributed by atoms with Crippen molar-refractivity contribution in [1.29, 1.82) is 0 Å². The lowest BCUT2D eigenvalue weighted by Crippen LogP contribution is -2.00. The highest BCUT2D eigenvalue weighted by molar-refractivity contribution is 6.14. The Morgan fingerprint density at radius 3 is 1.00 bits per heavy atom. The van der Waals surface area contributed by atoms with Crippen LogP contribution in [0.15, 0.2) is 385 Å². The molecule has 0 atom stereocenters. The zero-order chi connectivity index (χ0) is 74.0. The van der Waals surface area contributed by atoms with Crippen LogP contribution in [0.5, 0.6) is 0 Å². The van der Waals surface area contributed by atoms with Crippen molar-refractivity contribution in [3.05, 3.63) is 376 Å². The van der Waals surface area contributed by atoms with E-state index >= 15 is 0 Å². The first kappa shape index (κ1) is 64.9. The first-order valence-electron chi connectivity index (χ1n) is 37.3. The fourth-order valence-corrected chi connectivity index (χ4v) is 15.7. The minimum atomic E-state index is 0.551. The third-order valence-corrected chi connectivity index (χ3v) is 21.0. The summed E-state index contributed by atoms with van der Waals surface area (Å²) in [5, 5.41) is 19.5. The molecule has 8 heterocycles. The van der Waals surface area contributed by atoms with Gasteiger partial charge in [0.15, 0.2) is 34.9 Å². The van der Waals surface area contributed by atoms with Gasteiger partial charge in [0.2, 0.25) is 0 Å². The van der Waals surface area contributed by atoms with Crippen molar-refractivity contribution < 1.29 is 8.83 Å². The largest absolute Gasteiger partial charge is 0.456 e. The summed E-state index contributed by atoms with van der Waals surface area (Å²) in [5.41, 5.74) is 23.0. The molecule has 524 valence electrons. The normalized spacial score (nSPS) is 11.6. The van der Waals surface area contributed by atoms with E-state index in [-0.39, 0.29) is 0 Å². The summed E-state index contributed by atoms with van der Waals surface area (Å²) in [6.45, 7) is 0. The number of nitrogens with zero attached hydrogens (tertiary/aromatic N) is 10. The number of fused-ring (bicyclic) bond motifs is 12. The number of furan rings is 2. The van der Waals surface area contributed by atoms with Crippen molar-refractivity contribution >= 4 is 76.5 Å². The Kier molecular flexibility index (Phi) is 15.9. The number of rotatable bonds is 12. The molecule has 0 fully saturated rings. The van der Waals surface area contributed by atoms with Crippen molar-refractivity contribution in [3.8, 4) is 136 Å². The fourth-order valence-electron chi connectivity index (χ4n) is 15.7. The average molecular weight is 1440 g/mol. The summed E-state index contributed by atoms with van der Waals surface area (Å²) < 4.78 is 16.9. The molecule has 12 nitrogen and oxygen atoms in total. The second-order valence-corrected chi connectivity index (χ2v) is 27.7. The molecule has 0 saturated carbocycles. The lowest BCUT2D eigenvalue weighted by Gasteiger charge is -2.10. The van der Waals surface area contributed by atoms with Gasteiger partial charge < -0.3 is 8.83 Å². The van der Waals surface area contributed by atoms with Crippen LogP contribution in [-0.2, 0) is 0 Å². The summed E-state index contributed by atoms with van der Waals surface area (Å²) >= 11 is 0. The van der Waals surface area contributed by atoms with Gasteiger partial charge in [0.25, 0.3) is 0 Å². The standard InChI is InChI=1S/2C50H31N5O/c1-4-15-32(16-5-1)42-31-37-21-10-11-22-38(37)46-44(33-17-6-2-7-18-33)45(54-55(42)46)34-27-29-36(30-28-34)49-51-48(35-19-8-3-9-20-35)52-50(53-49)41-25-14-24-40-39-23-12-13-26-43(39)56-47(40)41;1-4-15-32(16-5-1)41-31-37-21-10-11-22-38(37)47-44(33-17-6-2-7-18-33)46(54-55(41)47)34-27-29-36(30-28-34)49-51-48(35-19-8-3-9-20-35)52-50(53-49)40-24-14-26-43-45(40)39-23-12-13-25-42(39)56-43/h2*1-31H. The van der Waals surface area contributed by atoms with Crippen LogP contribution in [0.2, 0.25) is 0 Å². The van der Waals surface area contributed by atoms with Gasteiger partial charge in [-0.1, -0.05) is 340 Å². The van der Waals surface area contributed by atoms with E-state index in [1.165, 1.54) is 0 Å². The second-order valence-electron chi connectivity index (χ2n) is 27.7. The lowest BCUT2D eigenvalue weighted by molar-refractivity contribution is 0.669. The third-order valence-electron chi connectivity index (χ3n) is 21.0. The monoisotopic (exact) mass is 1430 g/mol. The van der Waals surface area contributed by atoms with Gasteiger partial charge in [-0.25, -0.2) is 38.9 Å². The van der Waals surface area contributed by atoms with E-state index in [0.29, 0.717) is 34.9 Å². The van der Waals surface area contributed by atoms with Crippen LogP contribution in [0.3, 0.4) is 0 Å². The smallest absolute Gasteiger partial charge is 0.167 e. The molecule has 0 saturated heterocycles. The molecule has 0 aliphatic rings. The van der Waals surface area contributed by atoms with E-state index in [1.54, 1.807) is 0 Å². The summed E-state index contributed by atoms with van der Waals surface area (Å²) in [7, 11) is 0. The van der Waals surface area contributed by atoms with Gasteiger partial charge in [0, 0.05) is 93.5 Å². The van der Waals surface area contributed by atoms with Crippen LogP contribution in [0.4, 0.5) is 0 Å². The minimum Gasteiger partial charge on any atom is -0.456 e. The Hall–Kier alpha value is -15.4. The first-order valence-corrected chi connectivity index (χ1v) is 37.3. The molecule has 12 heteroatoms. The highest BCUT2D eigenvalue weighted by Gasteiger charge is 2.26. The number of benzene rings is 14. The van der Waals surface area contributed by atoms with Crippen LogP contribution < -0.4 is 0 Å². The molecule has 8 aromatic heterocycles. The van der Waals surface area contributed by atoms with E-state index in [1.807, 2.05) is 133 Å². The second kappa shape index (κ2) is 27.4. The van der Waals surface area contributed by atoms with Crippen LogP contribution in [0.25, 0.3) is 212 Å². The predicted molar refractivity (Wildman–Crippen MR) is 452 cm³/mol. The van der Waals surface area contributed by atoms with Gasteiger partial charge in [-0.05, 0) is 58.3 Å². The highest BCUT2D eigenvalue weighted by atomic mass is 16.3. The van der Waals surface area contributed by atoms with Gasteiger partial charge in [0.1, 0.15) is 33.7 Å². The van der Waals surface area contributed by atoms with Gasteiger partial charge in [-0.2, -0.15) is 10.2 Å². The topological polar surface area (TPSA) is 138 Å². The zero-order valence-corrected chi connectivity index (χ0v) is 60.1. The van der Waals surface area contributed by atoms with Gasteiger partial charge in [-0.3, -0.25) is 0 Å².